The average molecular weight is 408 g/mol. The van der Waals surface area contributed by atoms with Crippen LogP contribution in [0.25, 0.3) is 22.5 Å². The molecule has 22 heavy (non-hydrogen) atoms. The number of aryl methyl sites for hydroxylation is 1. The predicted octanol–water partition coefficient (Wildman–Crippen LogP) is 0.635. The molecule has 0 saturated heterocycles. The molecule has 114 valence electrons. The topological polar surface area (TPSA) is 8.81 Å². The van der Waals surface area contributed by atoms with E-state index in [2.05, 4.69) is 25.1 Å². The molecule has 0 spiro atoms. The maximum Gasteiger partial charge on any atom is 0.238 e. The summed E-state index contributed by atoms with van der Waals surface area (Å²) in [5.74, 6) is -0.200. The molecular formula is C18H18FIN2. The summed E-state index contributed by atoms with van der Waals surface area (Å²) in [7, 11) is 3.93. The van der Waals surface area contributed by atoms with E-state index in [-0.39, 0.29) is 29.8 Å². The number of nitrogens with zero attached hydrogens (tertiary/aromatic N) is 2. The number of benzene rings is 2. The quantitative estimate of drug-likeness (QED) is 0.435. The first-order chi connectivity index (χ1) is 10.1. The van der Waals surface area contributed by atoms with Crippen molar-refractivity contribution in [2.45, 2.75) is 6.92 Å². The van der Waals surface area contributed by atoms with Crippen LogP contribution in [-0.2, 0) is 14.1 Å². The van der Waals surface area contributed by atoms with Crippen molar-refractivity contribution in [2.75, 3.05) is 0 Å². The molecule has 0 aliphatic heterocycles. The maximum absolute atomic E-state index is 14.0. The number of hydrogen-bond acceptors (Lipinski definition) is 0. The largest absolute Gasteiger partial charge is 1.00 e. The van der Waals surface area contributed by atoms with Crippen LogP contribution in [-0.4, -0.2) is 4.68 Å². The molecule has 1 heterocycles. The summed E-state index contributed by atoms with van der Waals surface area (Å²) in [5, 5.41) is 0. The van der Waals surface area contributed by atoms with Crippen molar-refractivity contribution in [1.82, 2.24) is 4.68 Å². The SMILES string of the molecule is Cc1cccc(-c2cc(-c3ccccc3F)n(C)[n+]2C)c1.[I-]. The third-order valence-electron chi connectivity index (χ3n) is 3.88. The second-order valence-electron chi connectivity index (χ2n) is 5.31. The molecular weight excluding hydrogens is 390 g/mol. The highest BCUT2D eigenvalue weighted by molar-refractivity contribution is 5.67. The summed E-state index contributed by atoms with van der Waals surface area (Å²) < 4.78 is 18.0. The van der Waals surface area contributed by atoms with Crippen molar-refractivity contribution in [3.05, 3.63) is 66.0 Å². The van der Waals surface area contributed by atoms with Crippen molar-refractivity contribution in [1.29, 1.82) is 0 Å². The molecule has 0 atom stereocenters. The molecule has 0 amide bonds. The Balaban J connectivity index is 0.00000176. The molecule has 0 unspecified atom stereocenters. The summed E-state index contributed by atoms with van der Waals surface area (Å²) in [6.07, 6.45) is 0. The summed E-state index contributed by atoms with van der Waals surface area (Å²) in [4.78, 5) is 0. The first-order valence-corrected chi connectivity index (χ1v) is 6.96. The zero-order valence-corrected chi connectivity index (χ0v) is 15.0. The monoisotopic (exact) mass is 408 g/mol. The molecule has 0 N–H and O–H groups in total. The smallest absolute Gasteiger partial charge is 0.238 e. The van der Waals surface area contributed by atoms with E-state index >= 15 is 0 Å². The Bertz CT molecular complexity index is 809. The Hall–Kier alpha value is -1.69. The van der Waals surface area contributed by atoms with Gasteiger partial charge in [-0.15, -0.1) is 4.68 Å². The molecule has 0 radical (unpaired) electrons. The molecule has 0 aliphatic rings. The number of rotatable bonds is 2. The number of halogens is 2. The van der Waals surface area contributed by atoms with Gasteiger partial charge >= 0.3 is 0 Å². The highest BCUT2D eigenvalue weighted by Gasteiger charge is 2.21. The van der Waals surface area contributed by atoms with Gasteiger partial charge in [-0.25, -0.2) is 4.39 Å². The third kappa shape index (κ3) is 2.92. The Morgan fingerprint density at radius 3 is 2.41 bits per heavy atom. The fourth-order valence-corrected chi connectivity index (χ4v) is 2.64. The lowest BCUT2D eigenvalue weighted by atomic mass is 10.1. The van der Waals surface area contributed by atoms with Crippen LogP contribution in [0, 0.1) is 12.7 Å². The maximum atomic E-state index is 14.0. The summed E-state index contributed by atoms with van der Waals surface area (Å²) in [6.45, 7) is 2.07. The molecule has 2 nitrogen and oxygen atoms in total. The highest BCUT2D eigenvalue weighted by atomic mass is 127. The van der Waals surface area contributed by atoms with Crippen LogP contribution < -0.4 is 28.7 Å². The van der Waals surface area contributed by atoms with E-state index in [0.717, 1.165) is 17.0 Å². The minimum atomic E-state index is -0.200. The fraction of sp³-hybridized carbons (Fsp3) is 0.167. The molecule has 0 bridgehead atoms. The van der Waals surface area contributed by atoms with Crippen LogP contribution in [0.5, 0.6) is 0 Å². The minimum absolute atomic E-state index is 0. The molecule has 3 rings (SSSR count). The predicted molar refractivity (Wildman–Crippen MR) is 82.2 cm³/mol. The van der Waals surface area contributed by atoms with Gasteiger partial charge in [0.1, 0.15) is 11.5 Å². The van der Waals surface area contributed by atoms with E-state index in [1.807, 2.05) is 47.7 Å². The van der Waals surface area contributed by atoms with Crippen molar-refractivity contribution in [3.63, 3.8) is 0 Å². The first-order valence-electron chi connectivity index (χ1n) is 6.96. The van der Waals surface area contributed by atoms with E-state index in [9.17, 15) is 4.39 Å². The summed E-state index contributed by atoms with van der Waals surface area (Å²) >= 11 is 0. The molecule has 1 aromatic heterocycles. The molecule has 3 aromatic rings. The molecule has 4 heteroatoms. The lowest BCUT2D eigenvalue weighted by Gasteiger charge is -2.01. The number of hydrogen-bond donors (Lipinski definition) is 0. The van der Waals surface area contributed by atoms with Gasteiger partial charge < -0.3 is 24.0 Å². The zero-order valence-electron chi connectivity index (χ0n) is 12.8. The van der Waals surface area contributed by atoms with E-state index in [1.165, 1.54) is 11.6 Å². The van der Waals surface area contributed by atoms with E-state index < -0.39 is 0 Å². The Morgan fingerprint density at radius 1 is 1.00 bits per heavy atom. The van der Waals surface area contributed by atoms with E-state index in [1.54, 1.807) is 6.07 Å². The second-order valence-corrected chi connectivity index (χ2v) is 5.31. The third-order valence-corrected chi connectivity index (χ3v) is 3.88. The summed E-state index contributed by atoms with van der Waals surface area (Å²) in [5.41, 5.74) is 4.90. The van der Waals surface area contributed by atoms with Crippen LogP contribution >= 0.6 is 0 Å². The van der Waals surface area contributed by atoms with Gasteiger partial charge in [0, 0.05) is 17.2 Å². The van der Waals surface area contributed by atoms with Crippen molar-refractivity contribution in [2.24, 2.45) is 14.1 Å². The van der Waals surface area contributed by atoms with Crippen LogP contribution in [0.1, 0.15) is 5.56 Å². The average Bonchev–Trinajstić information content (AvgIpc) is 2.76. The van der Waals surface area contributed by atoms with Gasteiger partial charge in [-0.1, -0.05) is 29.8 Å². The number of aromatic nitrogens is 2. The fourth-order valence-electron chi connectivity index (χ4n) is 2.64. The van der Waals surface area contributed by atoms with E-state index in [4.69, 9.17) is 0 Å². The van der Waals surface area contributed by atoms with Gasteiger partial charge in [-0.3, -0.25) is 0 Å². The lowest BCUT2D eigenvalue weighted by Crippen LogP contribution is -3.00. The van der Waals surface area contributed by atoms with Gasteiger partial charge in [-0.05, 0) is 31.2 Å². The highest BCUT2D eigenvalue weighted by Crippen LogP contribution is 2.26. The van der Waals surface area contributed by atoms with E-state index in [0.29, 0.717) is 5.56 Å². The summed E-state index contributed by atoms with van der Waals surface area (Å²) in [6, 6.07) is 17.2. The van der Waals surface area contributed by atoms with Crippen molar-refractivity contribution < 1.29 is 33.0 Å². The molecule has 0 saturated carbocycles. The minimum Gasteiger partial charge on any atom is -1.00 e. The van der Waals surface area contributed by atoms with Crippen LogP contribution in [0.2, 0.25) is 0 Å². The van der Waals surface area contributed by atoms with Gasteiger partial charge in [0.15, 0.2) is 7.05 Å². The Labute approximate surface area is 147 Å². The zero-order chi connectivity index (χ0) is 15.0. The van der Waals surface area contributed by atoms with Crippen LogP contribution in [0.4, 0.5) is 4.39 Å². The molecule has 2 aromatic carbocycles. The van der Waals surface area contributed by atoms with Crippen molar-refractivity contribution >= 4 is 0 Å². The Morgan fingerprint density at radius 2 is 1.73 bits per heavy atom. The molecule has 0 aliphatic carbocycles. The first kappa shape index (κ1) is 16.7. The van der Waals surface area contributed by atoms with Gasteiger partial charge in [0.05, 0.1) is 7.05 Å². The van der Waals surface area contributed by atoms with Crippen LogP contribution in [0.15, 0.2) is 54.6 Å². The lowest BCUT2D eigenvalue weighted by molar-refractivity contribution is -0.740. The van der Waals surface area contributed by atoms with Gasteiger partial charge in [-0.2, -0.15) is 4.68 Å². The normalized spacial score (nSPS) is 10.4. The van der Waals surface area contributed by atoms with Crippen LogP contribution in [0.3, 0.4) is 0 Å². The molecule has 0 fully saturated rings. The van der Waals surface area contributed by atoms with Crippen molar-refractivity contribution in [3.8, 4) is 22.5 Å². The standard InChI is InChI=1S/C18H18FN2.HI/c1-13-7-6-8-14(11-13)17-12-18(21(3)20(17)2)15-9-4-5-10-16(15)19;/h4-12H,1-3H3;1H/q+1;/p-1. The van der Waals surface area contributed by atoms with Gasteiger partial charge in [0.25, 0.3) is 0 Å². The van der Waals surface area contributed by atoms with Gasteiger partial charge in [0.2, 0.25) is 5.69 Å². The Kier molecular flexibility index (Phi) is 5.01. The second kappa shape index (κ2) is 6.60.